The number of thiazole rings is 1. The number of para-hydroxylation sites is 3. The highest BCUT2D eigenvalue weighted by molar-refractivity contribution is 7.15. The largest absolute Gasteiger partial charge is 0.456 e. The smallest absolute Gasteiger partial charge is 0.280 e. The van der Waals surface area contributed by atoms with Gasteiger partial charge >= 0.3 is 0 Å². The average molecular weight is 389 g/mol. The van der Waals surface area contributed by atoms with Crippen LogP contribution in [0.2, 0.25) is 0 Å². The molecule has 0 aliphatic rings. The zero-order chi connectivity index (χ0) is 19.3. The van der Waals surface area contributed by atoms with E-state index < -0.39 is 4.92 Å². The molecule has 0 spiro atoms. The third-order valence-electron chi connectivity index (χ3n) is 4.41. The second-order valence-corrected chi connectivity index (χ2v) is 7.12. The molecule has 0 aliphatic heterocycles. The van der Waals surface area contributed by atoms with Gasteiger partial charge in [-0.1, -0.05) is 35.6 Å². The molecule has 0 unspecified atom stereocenters. The zero-order valence-electron chi connectivity index (χ0n) is 14.2. The van der Waals surface area contributed by atoms with Gasteiger partial charge < -0.3 is 4.42 Å². The van der Waals surface area contributed by atoms with Crippen molar-refractivity contribution in [1.29, 1.82) is 0 Å². The van der Waals surface area contributed by atoms with E-state index in [2.05, 4.69) is 4.98 Å². The van der Waals surface area contributed by atoms with Crippen LogP contribution in [0.15, 0.2) is 69.9 Å². The Hall–Kier alpha value is -3.78. The number of nitro groups is 1. The maximum atomic E-state index is 12.8. The molecule has 0 amide bonds. The lowest BCUT2D eigenvalue weighted by atomic mass is 10.1. The number of hydrogen-bond acceptors (Lipinski definition) is 6. The molecule has 0 saturated carbocycles. The monoisotopic (exact) mass is 389 g/mol. The predicted molar refractivity (Wildman–Crippen MR) is 106 cm³/mol. The maximum Gasteiger partial charge on any atom is 0.280 e. The fraction of sp³-hybridized carbons (Fsp3) is 0. The van der Waals surface area contributed by atoms with Crippen LogP contribution in [0, 0.1) is 10.1 Å². The average Bonchev–Trinajstić information content (AvgIpc) is 3.38. The summed E-state index contributed by atoms with van der Waals surface area (Å²) in [5.74, 6) is 0.817. The molecule has 5 aromatic rings. The highest BCUT2D eigenvalue weighted by atomic mass is 32.1. The van der Waals surface area contributed by atoms with Gasteiger partial charge in [-0.15, -0.1) is 0 Å². The molecule has 3 heterocycles. The van der Waals surface area contributed by atoms with E-state index in [1.807, 2.05) is 24.3 Å². The van der Waals surface area contributed by atoms with E-state index in [0.29, 0.717) is 26.6 Å². The first-order chi connectivity index (χ1) is 13.6. The van der Waals surface area contributed by atoms with E-state index in [1.54, 1.807) is 40.8 Å². The molecule has 0 bridgehead atoms. The van der Waals surface area contributed by atoms with Crippen LogP contribution in [0.25, 0.3) is 33.4 Å². The van der Waals surface area contributed by atoms with Crippen LogP contribution in [0.3, 0.4) is 0 Å². The minimum Gasteiger partial charge on any atom is -0.456 e. The summed E-state index contributed by atoms with van der Waals surface area (Å²) in [4.78, 5) is 28.7. The van der Waals surface area contributed by atoms with Gasteiger partial charge in [-0.2, -0.15) is 0 Å². The maximum absolute atomic E-state index is 12.8. The van der Waals surface area contributed by atoms with Crippen molar-refractivity contribution in [2.75, 3.05) is 0 Å². The Morgan fingerprint density at radius 3 is 2.71 bits per heavy atom. The number of fused-ring (bicyclic) bond motifs is 3. The molecule has 0 N–H and O–H groups in total. The van der Waals surface area contributed by atoms with E-state index in [1.165, 1.54) is 17.4 Å². The third kappa shape index (κ3) is 2.50. The van der Waals surface area contributed by atoms with Crippen LogP contribution < -0.4 is 10.1 Å². The fourth-order valence-electron chi connectivity index (χ4n) is 3.16. The van der Waals surface area contributed by atoms with E-state index in [9.17, 15) is 14.9 Å². The molecule has 5 rings (SSSR count). The van der Waals surface area contributed by atoms with Crippen molar-refractivity contribution in [1.82, 2.24) is 9.38 Å². The quantitative estimate of drug-likeness (QED) is 0.347. The normalized spacial score (nSPS) is 12.2. The molecule has 0 atom stereocenters. The first kappa shape index (κ1) is 16.4. The molecule has 0 fully saturated rings. The van der Waals surface area contributed by atoms with Gasteiger partial charge in [-0.05, 0) is 30.3 Å². The molecule has 7 nitrogen and oxygen atoms in total. The van der Waals surface area contributed by atoms with Gasteiger partial charge in [0.2, 0.25) is 0 Å². The van der Waals surface area contributed by atoms with Crippen LogP contribution in [-0.4, -0.2) is 14.3 Å². The zero-order valence-corrected chi connectivity index (χ0v) is 15.1. The second kappa shape index (κ2) is 6.14. The molecule has 0 aliphatic carbocycles. The van der Waals surface area contributed by atoms with Crippen molar-refractivity contribution in [2.24, 2.45) is 0 Å². The van der Waals surface area contributed by atoms with Crippen LogP contribution in [0.4, 0.5) is 5.69 Å². The van der Waals surface area contributed by atoms with Gasteiger partial charge in [0.05, 0.1) is 21.5 Å². The highest BCUT2D eigenvalue weighted by Crippen LogP contribution is 2.31. The number of nitrogens with zero attached hydrogens (tertiary/aromatic N) is 3. The first-order valence-electron chi connectivity index (χ1n) is 8.37. The van der Waals surface area contributed by atoms with Gasteiger partial charge in [-0.3, -0.25) is 14.9 Å². The van der Waals surface area contributed by atoms with Crippen molar-refractivity contribution < 1.29 is 9.34 Å². The predicted octanol–water partition coefficient (Wildman–Crippen LogP) is 3.63. The van der Waals surface area contributed by atoms with Crippen molar-refractivity contribution in [3.8, 4) is 11.3 Å². The van der Waals surface area contributed by atoms with Gasteiger partial charge in [0, 0.05) is 12.1 Å². The standard InChI is InChI=1S/C20H11N3O4S/c24-19-18(28-20-21-14-6-2-4-8-16(14)22(19)20)11-12-9-10-17(27-12)13-5-1-3-7-15(13)23(25)26/h1-11H/b18-11+. The number of furan rings is 1. The summed E-state index contributed by atoms with van der Waals surface area (Å²) >= 11 is 1.27. The van der Waals surface area contributed by atoms with E-state index in [-0.39, 0.29) is 11.2 Å². The Labute approximate surface area is 160 Å². The van der Waals surface area contributed by atoms with Crippen molar-refractivity contribution in [3.05, 3.63) is 91.4 Å². The summed E-state index contributed by atoms with van der Waals surface area (Å²) in [6.45, 7) is 0. The van der Waals surface area contributed by atoms with Crippen molar-refractivity contribution in [3.63, 3.8) is 0 Å². The lowest BCUT2D eigenvalue weighted by Crippen LogP contribution is -2.22. The summed E-state index contributed by atoms with van der Waals surface area (Å²) in [5.41, 5.74) is 1.72. The number of nitro benzene ring substituents is 1. The van der Waals surface area contributed by atoms with E-state index >= 15 is 0 Å². The Balaban J connectivity index is 1.63. The van der Waals surface area contributed by atoms with Crippen molar-refractivity contribution in [2.45, 2.75) is 0 Å². The molecule has 8 heteroatoms. The number of benzene rings is 2. The van der Waals surface area contributed by atoms with Gasteiger partial charge in [0.15, 0.2) is 4.96 Å². The van der Waals surface area contributed by atoms with Crippen LogP contribution in [-0.2, 0) is 0 Å². The number of imidazole rings is 1. The summed E-state index contributed by atoms with van der Waals surface area (Å²) in [5, 5.41) is 11.2. The lowest BCUT2D eigenvalue weighted by molar-refractivity contribution is -0.384. The Kier molecular flexibility index (Phi) is 3.59. The number of hydrogen-bond donors (Lipinski definition) is 0. The molecule has 28 heavy (non-hydrogen) atoms. The van der Waals surface area contributed by atoms with Gasteiger partial charge in [-0.25, -0.2) is 9.38 Å². The van der Waals surface area contributed by atoms with Crippen LogP contribution in [0.1, 0.15) is 5.76 Å². The Morgan fingerprint density at radius 1 is 1.07 bits per heavy atom. The molecule has 0 saturated heterocycles. The molecule has 3 aromatic heterocycles. The van der Waals surface area contributed by atoms with Gasteiger partial charge in [0.25, 0.3) is 11.2 Å². The lowest BCUT2D eigenvalue weighted by Gasteiger charge is -1.98. The molecule has 2 aromatic carbocycles. The Bertz CT molecular complexity index is 1480. The minimum atomic E-state index is -0.448. The number of rotatable bonds is 3. The third-order valence-corrected chi connectivity index (χ3v) is 5.38. The number of aromatic nitrogens is 2. The summed E-state index contributed by atoms with van der Waals surface area (Å²) in [7, 11) is 0. The molecular weight excluding hydrogens is 378 g/mol. The first-order valence-corrected chi connectivity index (χ1v) is 9.19. The van der Waals surface area contributed by atoms with Crippen LogP contribution in [0.5, 0.6) is 0 Å². The van der Waals surface area contributed by atoms with Crippen LogP contribution >= 0.6 is 11.3 Å². The van der Waals surface area contributed by atoms with Crippen molar-refractivity contribution >= 4 is 39.1 Å². The fourth-order valence-corrected chi connectivity index (χ4v) is 4.12. The highest BCUT2D eigenvalue weighted by Gasteiger charge is 2.17. The molecule has 0 radical (unpaired) electrons. The summed E-state index contributed by atoms with van der Waals surface area (Å²) in [6.07, 6.45) is 1.63. The SMILES string of the molecule is O=c1/c(=C\c2ccc(-c3ccccc3[N+](=O)[O-])o2)sc2nc3ccccc3n12. The molecule has 136 valence electrons. The second-order valence-electron chi connectivity index (χ2n) is 6.11. The summed E-state index contributed by atoms with van der Waals surface area (Å²) < 4.78 is 7.82. The minimum absolute atomic E-state index is 0.0334. The Morgan fingerprint density at radius 2 is 1.86 bits per heavy atom. The topological polar surface area (TPSA) is 90.6 Å². The van der Waals surface area contributed by atoms with E-state index in [0.717, 1.165) is 11.0 Å². The van der Waals surface area contributed by atoms with E-state index in [4.69, 9.17) is 4.42 Å². The van der Waals surface area contributed by atoms with Gasteiger partial charge in [0.1, 0.15) is 16.1 Å². The molecular formula is C20H11N3O4S. The summed E-state index contributed by atoms with van der Waals surface area (Å²) in [6, 6.07) is 17.2.